The molecule has 1 aromatic rings. The summed E-state index contributed by atoms with van der Waals surface area (Å²) in [4.78, 5) is 0. The van der Waals surface area contributed by atoms with Crippen molar-refractivity contribution in [3.05, 3.63) is 33.8 Å². The number of halogens is 2. The lowest BCUT2D eigenvalue weighted by Crippen LogP contribution is -2.27. The Labute approximate surface area is 107 Å². The number of hydrogen-bond donors (Lipinski definition) is 1. The van der Waals surface area contributed by atoms with Crippen molar-refractivity contribution in [2.45, 2.75) is 32.7 Å². The van der Waals surface area contributed by atoms with Gasteiger partial charge in [0.25, 0.3) is 0 Å². The van der Waals surface area contributed by atoms with Crippen LogP contribution in [0.15, 0.2) is 18.2 Å². The molecule has 3 heteroatoms. The fraction of sp³-hybridized carbons (Fsp3) is 0.538. The first-order valence-electron chi connectivity index (χ1n) is 5.75. The standard InChI is InChI=1S/C13H17Cl2N/c1-3-16-12(13(2)6-7-13)9-4-5-10(14)11(15)8-9/h4-5,8,12,16H,3,6-7H2,1-2H3. The quantitative estimate of drug-likeness (QED) is 0.841. The molecule has 1 unspecified atom stereocenters. The van der Waals surface area contributed by atoms with Gasteiger partial charge in [-0.3, -0.25) is 0 Å². The minimum absolute atomic E-state index is 0.396. The first-order valence-corrected chi connectivity index (χ1v) is 6.51. The van der Waals surface area contributed by atoms with Gasteiger partial charge in [0.05, 0.1) is 10.0 Å². The van der Waals surface area contributed by atoms with Gasteiger partial charge in [-0.05, 0) is 42.5 Å². The number of hydrogen-bond acceptors (Lipinski definition) is 1. The van der Waals surface area contributed by atoms with Gasteiger partial charge in [0.1, 0.15) is 0 Å². The van der Waals surface area contributed by atoms with E-state index in [2.05, 4.69) is 25.2 Å². The highest BCUT2D eigenvalue weighted by Gasteiger charge is 2.45. The van der Waals surface area contributed by atoms with Crippen molar-refractivity contribution in [3.63, 3.8) is 0 Å². The van der Waals surface area contributed by atoms with E-state index in [1.807, 2.05) is 12.1 Å². The molecule has 0 amide bonds. The highest BCUT2D eigenvalue weighted by atomic mass is 35.5. The predicted molar refractivity (Wildman–Crippen MR) is 70.2 cm³/mol. The molecule has 1 aromatic carbocycles. The summed E-state index contributed by atoms with van der Waals surface area (Å²) in [5.41, 5.74) is 1.64. The lowest BCUT2D eigenvalue weighted by molar-refractivity contribution is 0.373. The minimum atomic E-state index is 0.396. The van der Waals surface area contributed by atoms with Crippen LogP contribution >= 0.6 is 23.2 Å². The maximum absolute atomic E-state index is 6.07. The van der Waals surface area contributed by atoms with Crippen LogP contribution in [0.3, 0.4) is 0 Å². The smallest absolute Gasteiger partial charge is 0.0595 e. The van der Waals surface area contributed by atoms with Crippen LogP contribution in [-0.4, -0.2) is 6.54 Å². The molecule has 88 valence electrons. The van der Waals surface area contributed by atoms with Crippen LogP contribution in [0.4, 0.5) is 0 Å². The van der Waals surface area contributed by atoms with Crippen LogP contribution < -0.4 is 5.32 Å². The highest BCUT2D eigenvalue weighted by molar-refractivity contribution is 6.42. The van der Waals surface area contributed by atoms with E-state index in [1.165, 1.54) is 18.4 Å². The summed E-state index contributed by atoms with van der Waals surface area (Å²) in [6.45, 7) is 5.43. The molecule has 0 aromatic heterocycles. The maximum Gasteiger partial charge on any atom is 0.0595 e. The van der Waals surface area contributed by atoms with E-state index in [1.54, 1.807) is 0 Å². The fourth-order valence-corrected chi connectivity index (χ4v) is 2.46. The Morgan fingerprint density at radius 2 is 2.00 bits per heavy atom. The van der Waals surface area contributed by atoms with Crippen molar-refractivity contribution in [2.24, 2.45) is 5.41 Å². The topological polar surface area (TPSA) is 12.0 Å². The molecular formula is C13H17Cl2N. The summed E-state index contributed by atoms with van der Waals surface area (Å²) in [7, 11) is 0. The Bertz CT molecular complexity index is 386. The summed E-state index contributed by atoms with van der Waals surface area (Å²) in [5, 5.41) is 4.82. The molecule has 16 heavy (non-hydrogen) atoms. The fourth-order valence-electron chi connectivity index (χ4n) is 2.15. The molecule has 1 atom stereocenters. The summed E-state index contributed by atoms with van der Waals surface area (Å²) >= 11 is 12.0. The van der Waals surface area contributed by atoms with Crippen LogP contribution in [0.2, 0.25) is 10.0 Å². The van der Waals surface area contributed by atoms with Crippen LogP contribution in [-0.2, 0) is 0 Å². The van der Waals surface area contributed by atoms with E-state index in [0.717, 1.165) is 6.54 Å². The first-order chi connectivity index (χ1) is 7.57. The summed E-state index contributed by atoms with van der Waals surface area (Å²) < 4.78 is 0. The second kappa shape index (κ2) is 4.56. The molecule has 1 aliphatic carbocycles. The van der Waals surface area contributed by atoms with Gasteiger partial charge in [-0.25, -0.2) is 0 Å². The lowest BCUT2D eigenvalue weighted by Gasteiger charge is -2.25. The van der Waals surface area contributed by atoms with E-state index in [4.69, 9.17) is 23.2 Å². The predicted octanol–water partition coefficient (Wildman–Crippen LogP) is 4.44. The second-order valence-electron chi connectivity index (χ2n) is 4.82. The molecule has 0 saturated heterocycles. The van der Waals surface area contributed by atoms with Crippen molar-refractivity contribution in [1.82, 2.24) is 5.32 Å². The summed E-state index contributed by atoms with van der Waals surface area (Å²) in [6, 6.07) is 6.34. The van der Waals surface area contributed by atoms with E-state index < -0.39 is 0 Å². The molecule has 0 bridgehead atoms. The molecule has 0 heterocycles. The Balaban J connectivity index is 2.28. The Morgan fingerprint density at radius 3 is 2.50 bits per heavy atom. The third-order valence-electron chi connectivity index (χ3n) is 3.42. The van der Waals surface area contributed by atoms with Gasteiger partial charge in [-0.2, -0.15) is 0 Å². The van der Waals surface area contributed by atoms with Gasteiger partial charge in [0, 0.05) is 6.04 Å². The zero-order chi connectivity index (χ0) is 11.8. The number of benzene rings is 1. The highest BCUT2D eigenvalue weighted by Crippen LogP contribution is 2.54. The molecule has 1 N–H and O–H groups in total. The third kappa shape index (κ3) is 2.37. The van der Waals surface area contributed by atoms with Gasteiger partial charge in [-0.15, -0.1) is 0 Å². The average molecular weight is 258 g/mol. The number of nitrogens with one attached hydrogen (secondary N) is 1. The van der Waals surface area contributed by atoms with Crippen LogP contribution in [0.5, 0.6) is 0 Å². The van der Waals surface area contributed by atoms with Gasteiger partial charge in [0.2, 0.25) is 0 Å². The van der Waals surface area contributed by atoms with Crippen LogP contribution in [0.1, 0.15) is 38.3 Å². The van der Waals surface area contributed by atoms with Crippen molar-refractivity contribution < 1.29 is 0 Å². The van der Waals surface area contributed by atoms with Gasteiger partial charge >= 0.3 is 0 Å². The van der Waals surface area contributed by atoms with Crippen LogP contribution in [0, 0.1) is 5.41 Å². The first kappa shape index (κ1) is 12.2. The SMILES string of the molecule is CCNC(c1ccc(Cl)c(Cl)c1)C1(C)CC1. The van der Waals surface area contributed by atoms with Crippen molar-refractivity contribution >= 4 is 23.2 Å². The molecule has 0 spiro atoms. The van der Waals surface area contributed by atoms with E-state index >= 15 is 0 Å². The Kier molecular flexibility index (Phi) is 3.48. The zero-order valence-corrected chi connectivity index (χ0v) is 11.2. The average Bonchev–Trinajstić information content (AvgIpc) is 2.98. The molecule has 2 rings (SSSR count). The number of rotatable bonds is 4. The molecule has 1 fully saturated rings. The van der Waals surface area contributed by atoms with Crippen molar-refractivity contribution in [3.8, 4) is 0 Å². The molecule has 1 aliphatic rings. The maximum atomic E-state index is 6.07. The third-order valence-corrected chi connectivity index (χ3v) is 4.16. The monoisotopic (exact) mass is 257 g/mol. The van der Waals surface area contributed by atoms with Gasteiger partial charge in [-0.1, -0.05) is 43.1 Å². The van der Waals surface area contributed by atoms with E-state index in [-0.39, 0.29) is 0 Å². The Hall–Kier alpha value is -0.240. The zero-order valence-electron chi connectivity index (χ0n) is 9.69. The van der Waals surface area contributed by atoms with Crippen molar-refractivity contribution in [1.29, 1.82) is 0 Å². The van der Waals surface area contributed by atoms with Gasteiger partial charge in [0.15, 0.2) is 0 Å². The van der Waals surface area contributed by atoms with Gasteiger partial charge < -0.3 is 5.32 Å². The summed E-state index contributed by atoms with van der Waals surface area (Å²) in [5.74, 6) is 0. The molecule has 1 nitrogen and oxygen atoms in total. The van der Waals surface area contributed by atoms with Crippen molar-refractivity contribution in [2.75, 3.05) is 6.54 Å². The normalized spacial score (nSPS) is 19.5. The lowest BCUT2D eigenvalue weighted by atomic mass is 9.92. The van der Waals surface area contributed by atoms with Crippen LogP contribution in [0.25, 0.3) is 0 Å². The summed E-state index contributed by atoms with van der Waals surface area (Å²) in [6.07, 6.45) is 2.57. The molecule has 1 saturated carbocycles. The van der Waals surface area contributed by atoms with E-state index in [0.29, 0.717) is 21.5 Å². The molecular weight excluding hydrogens is 241 g/mol. The minimum Gasteiger partial charge on any atom is -0.310 e. The largest absolute Gasteiger partial charge is 0.310 e. The molecule has 0 radical (unpaired) electrons. The van der Waals surface area contributed by atoms with E-state index in [9.17, 15) is 0 Å². The molecule has 0 aliphatic heterocycles. The second-order valence-corrected chi connectivity index (χ2v) is 5.63. The Morgan fingerprint density at radius 1 is 1.31 bits per heavy atom.